The number of hydrogen-bond acceptors (Lipinski definition) is 3. The lowest BCUT2D eigenvalue weighted by molar-refractivity contribution is -0.0669. The largest absolute Gasteiger partial charge is 0.489 e. The number of ether oxygens (including phenoxy) is 1. The van der Waals surface area contributed by atoms with Crippen LogP contribution >= 0.6 is 15.9 Å². The first-order valence-electron chi connectivity index (χ1n) is 7.42. The fourth-order valence-electron chi connectivity index (χ4n) is 2.59. The van der Waals surface area contributed by atoms with Crippen LogP contribution in [0.5, 0.6) is 5.75 Å². The Labute approximate surface area is 143 Å². The summed E-state index contributed by atoms with van der Waals surface area (Å²) in [6.07, 6.45) is 0. The molecule has 4 nitrogen and oxygen atoms in total. The van der Waals surface area contributed by atoms with Crippen molar-refractivity contribution < 1.29 is 14.6 Å². The van der Waals surface area contributed by atoms with Crippen molar-refractivity contribution in [2.75, 3.05) is 13.1 Å². The average Bonchev–Trinajstić information content (AvgIpc) is 2.51. The quantitative estimate of drug-likeness (QED) is 0.892. The van der Waals surface area contributed by atoms with Crippen LogP contribution < -0.4 is 4.74 Å². The van der Waals surface area contributed by atoms with E-state index in [1.165, 1.54) is 0 Å². The number of benzene rings is 2. The van der Waals surface area contributed by atoms with E-state index in [1.807, 2.05) is 30.3 Å². The Balaban J connectivity index is 1.65. The summed E-state index contributed by atoms with van der Waals surface area (Å²) in [5.74, 6) is 0.617. The predicted molar refractivity (Wildman–Crippen MR) is 91.4 cm³/mol. The van der Waals surface area contributed by atoms with E-state index in [0.29, 0.717) is 35.5 Å². The molecule has 1 N–H and O–H groups in total. The lowest BCUT2D eigenvalue weighted by atomic mass is 9.96. The van der Waals surface area contributed by atoms with Gasteiger partial charge in [-0.05, 0) is 46.6 Å². The molecule has 1 amide bonds. The highest BCUT2D eigenvalue weighted by Gasteiger charge is 2.40. The molecule has 0 spiro atoms. The molecule has 0 aromatic heterocycles. The fraction of sp³-hybridized carbons (Fsp3) is 0.278. The van der Waals surface area contributed by atoms with E-state index in [9.17, 15) is 9.90 Å². The van der Waals surface area contributed by atoms with Crippen molar-refractivity contribution in [3.05, 3.63) is 64.1 Å². The van der Waals surface area contributed by atoms with Gasteiger partial charge in [-0.15, -0.1) is 0 Å². The summed E-state index contributed by atoms with van der Waals surface area (Å²) in [4.78, 5) is 14.0. The Hall–Kier alpha value is -1.85. The summed E-state index contributed by atoms with van der Waals surface area (Å²) in [7, 11) is 0. The van der Waals surface area contributed by atoms with Gasteiger partial charge in [0.1, 0.15) is 12.4 Å². The third-order valence-corrected chi connectivity index (χ3v) is 4.43. The van der Waals surface area contributed by atoms with Gasteiger partial charge in [0, 0.05) is 4.47 Å². The fourth-order valence-corrected chi connectivity index (χ4v) is 3.12. The minimum atomic E-state index is -0.763. The highest BCUT2D eigenvalue weighted by Crippen LogP contribution is 2.28. The Morgan fingerprint density at radius 2 is 1.96 bits per heavy atom. The minimum Gasteiger partial charge on any atom is -0.489 e. The van der Waals surface area contributed by atoms with Gasteiger partial charge in [-0.1, -0.05) is 30.3 Å². The van der Waals surface area contributed by atoms with E-state index >= 15 is 0 Å². The molecule has 2 aromatic rings. The summed E-state index contributed by atoms with van der Waals surface area (Å²) >= 11 is 3.43. The van der Waals surface area contributed by atoms with Crippen LogP contribution in [0.25, 0.3) is 0 Å². The summed E-state index contributed by atoms with van der Waals surface area (Å²) < 4.78 is 6.44. The number of halogens is 1. The van der Waals surface area contributed by atoms with E-state index < -0.39 is 5.60 Å². The van der Waals surface area contributed by atoms with Crippen LogP contribution in [0.2, 0.25) is 0 Å². The number of carbonyl (C=O) groups is 1. The molecule has 5 heteroatoms. The smallest absolute Gasteiger partial charge is 0.255 e. The van der Waals surface area contributed by atoms with Gasteiger partial charge < -0.3 is 14.7 Å². The zero-order valence-corrected chi connectivity index (χ0v) is 14.4. The normalized spacial score (nSPS) is 15.9. The summed E-state index contributed by atoms with van der Waals surface area (Å²) in [5, 5.41) is 9.75. The maximum atomic E-state index is 12.4. The molecule has 1 fully saturated rings. The molecule has 1 aliphatic rings. The zero-order valence-electron chi connectivity index (χ0n) is 12.8. The van der Waals surface area contributed by atoms with Crippen LogP contribution in [0, 0.1) is 0 Å². The second-order valence-corrected chi connectivity index (χ2v) is 6.93. The molecule has 0 aliphatic carbocycles. The van der Waals surface area contributed by atoms with Gasteiger partial charge in [-0.25, -0.2) is 0 Å². The van der Waals surface area contributed by atoms with E-state index in [2.05, 4.69) is 15.9 Å². The van der Waals surface area contributed by atoms with Crippen molar-refractivity contribution in [1.82, 2.24) is 4.90 Å². The highest BCUT2D eigenvalue weighted by molar-refractivity contribution is 9.10. The third-order valence-electron chi connectivity index (χ3n) is 3.77. The van der Waals surface area contributed by atoms with Crippen LogP contribution in [-0.4, -0.2) is 34.6 Å². The van der Waals surface area contributed by atoms with Crippen LogP contribution in [0.4, 0.5) is 0 Å². The number of β-amino-alcohol motifs (C(OH)–C–C–N with tert-alkyl or cyclic N) is 1. The van der Waals surface area contributed by atoms with Gasteiger partial charge in [-0.2, -0.15) is 0 Å². The van der Waals surface area contributed by atoms with Gasteiger partial charge in [0.2, 0.25) is 0 Å². The number of hydrogen-bond donors (Lipinski definition) is 1. The number of nitrogens with zero attached hydrogens (tertiary/aromatic N) is 1. The number of likely N-dealkylation sites (tertiary alicyclic amines) is 1. The molecule has 0 saturated carbocycles. The maximum absolute atomic E-state index is 12.4. The summed E-state index contributed by atoms with van der Waals surface area (Å²) in [6.45, 7) is 2.94. The van der Waals surface area contributed by atoms with Crippen LogP contribution in [0.1, 0.15) is 22.8 Å². The minimum absolute atomic E-state index is 0.0852. The van der Waals surface area contributed by atoms with E-state index in [1.54, 1.807) is 30.0 Å². The first-order valence-corrected chi connectivity index (χ1v) is 8.22. The van der Waals surface area contributed by atoms with Crippen LogP contribution in [0.15, 0.2) is 53.0 Å². The second-order valence-electron chi connectivity index (χ2n) is 6.07. The van der Waals surface area contributed by atoms with Crippen molar-refractivity contribution in [3.8, 4) is 5.75 Å². The van der Waals surface area contributed by atoms with Crippen molar-refractivity contribution in [3.63, 3.8) is 0 Å². The van der Waals surface area contributed by atoms with E-state index in [4.69, 9.17) is 4.74 Å². The molecule has 23 heavy (non-hydrogen) atoms. The summed E-state index contributed by atoms with van der Waals surface area (Å²) in [5.41, 5.74) is 0.903. The van der Waals surface area contributed by atoms with Crippen molar-refractivity contribution in [2.24, 2.45) is 0 Å². The molecule has 0 radical (unpaired) electrons. The molecule has 1 saturated heterocycles. The predicted octanol–water partition coefficient (Wildman–Crippen LogP) is 3.23. The van der Waals surface area contributed by atoms with Crippen LogP contribution in [0.3, 0.4) is 0 Å². The highest BCUT2D eigenvalue weighted by atomic mass is 79.9. The topological polar surface area (TPSA) is 49.8 Å². The monoisotopic (exact) mass is 375 g/mol. The molecule has 0 atom stereocenters. The van der Waals surface area contributed by atoms with Crippen molar-refractivity contribution >= 4 is 21.8 Å². The molecule has 0 bridgehead atoms. The van der Waals surface area contributed by atoms with Crippen LogP contribution in [-0.2, 0) is 6.61 Å². The maximum Gasteiger partial charge on any atom is 0.255 e. The SMILES string of the molecule is CC1(O)CN(C(=O)c2ccc(OCc3ccccc3)cc2Br)C1. The van der Waals surface area contributed by atoms with Gasteiger partial charge in [-0.3, -0.25) is 4.79 Å². The molecule has 0 unspecified atom stereocenters. The molecular formula is C18H18BrNO3. The lowest BCUT2D eigenvalue weighted by Crippen LogP contribution is -2.61. The Bertz CT molecular complexity index is 707. The third kappa shape index (κ3) is 3.74. The number of amides is 1. The zero-order chi connectivity index (χ0) is 16.4. The molecule has 1 aliphatic heterocycles. The molecule has 3 rings (SSSR count). The second kappa shape index (κ2) is 6.34. The molecule has 2 aromatic carbocycles. The number of aliphatic hydroxyl groups is 1. The van der Waals surface area contributed by atoms with Gasteiger partial charge in [0.15, 0.2) is 0 Å². The van der Waals surface area contributed by atoms with Gasteiger partial charge in [0.25, 0.3) is 5.91 Å². The Morgan fingerprint density at radius 3 is 2.57 bits per heavy atom. The molecular weight excluding hydrogens is 358 g/mol. The number of rotatable bonds is 4. The number of carbonyl (C=O) groups excluding carboxylic acids is 1. The summed E-state index contributed by atoms with van der Waals surface area (Å²) in [6, 6.07) is 15.3. The molecule has 1 heterocycles. The molecule has 120 valence electrons. The first kappa shape index (κ1) is 16.0. The first-order chi connectivity index (χ1) is 10.9. The van der Waals surface area contributed by atoms with E-state index in [-0.39, 0.29) is 5.91 Å². The standard InChI is InChI=1S/C18H18BrNO3/c1-18(22)11-20(12-18)17(21)15-8-7-14(9-16(15)19)23-10-13-5-3-2-4-6-13/h2-9,22H,10-12H2,1H3. The van der Waals surface area contributed by atoms with Gasteiger partial charge >= 0.3 is 0 Å². The lowest BCUT2D eigenvalue weighted by Gasteiger charge is -2.44. The van der Waals surface area contributed by atoms with Crippen molar-refractivity contribution in [2.45, 2.75) is 19.1 Å². The Kier molecular flexibility index (Phi) is 4.41. The average molecular weight is 376 g/mol. The van der Waals surface area contributed by atoms with Gasteiger partial charge in [0.05, 0.1) is 24.3 Å². The van der Waals surface area contributed by atoms with Crippen molar-refractivity contribution in [1.29, 1.82) is 0 Å². The Morgan fingerprint density at radius 1 is 1.26 bits per heavy atom. The van der Waals surface area contributed by atoms with E-state index in [0.717, 1.165) is 5.56 Å².